The number of fused-ring (bicyclic) bond motifs is 1. The normalized spacial score (nSPS) is 12.8. The molecule has 0 aliphatic heterocycles. The average Bonchev–Trinajstić information content (AvgIpc) is 3.51. The molecule has 0 radical (unpaired) electrons. The van der Waals surface area contributed by atoms with Crippen molar-refractivity contribution in [2.24, 2.45) is 0 Å². The maximum Gasteiger partial charge on any atom is 0.241 e. The van der Waals surface area contributed by atoms with E-state index in [-0.39, 0.29) is 28.9 Å². The van der Waals surface area contributed by atoms with Gasteiger partial charge in [0.2, 0.25) is 22.7 Å². The Bertz CT molecular complexity index is 1740. The predicted molar refractivity (Wildman–Crippen MR) is 137 cm³/mol. The first-order valence-corrected chi connectivity index (χ1v) is 14.6. The number of hydrogen-bond acceptors (Lipinski definition) is 9. The van der Waals surface area contributed by atoms with Crippen molar-refractivity contribution in [2.75, 3.05) is 0 Å². The van der Waals surface area contributed by atoms with Gasteiger partial charge < -0.3 is 4.42 Å². The minimum absolute atomic E-state index is 0.00951. The highest BCUT2D eigenvalue weighted by molar-refractivity contribution is 7.91. The van der Waals surface area contributed by atoms with Gasteiger partial charge in [-0.2, -0.15) is 0 Å². The van der Waals surface area contributed by atoms with Gasteiger partial charge in [-0.1, -0.05) is 54.6 Å². The maximum atomic E-state index is 14.3. The van der Waals surface area contributed by atoms with E-state index in [2.05, 4.69) is 19.9 Å². The molecule has 37 heavy (non-hydrogen) atoms. The van der Waals surface area contributed by atoms with E-state index in [9.17, 15) is 21.2 Å². The molecule has 5 aromatic rings. The van der Waals surface area contributed by atoms with Crippen LogP contribution in [0.2, 0.25) is 0 Å². The first-order valence-electron chi connectivity index (χ1n) is 10.9. The average molecular weight is 559 g/mol. The zero-order chi connectivity index (χ0) is 26.0. The Morgan fingerprint density at radius 3 is 2.49 bits per heavy atom. The molecule has 1 N–H and O–H groups in total. The third kappa shape index (κ3) is 5.59. The van der Waals surface area contributed by atoms with Gasteiger partial charge >= 0.3 is 0 Å². The van der Waals surface area contributed by atoms with Gasteiger partial charge in [0.1, 0.15) is 10.8 Å². The van der Waals surface area contributed by atoms with Gasteiger partial charge in [0.15, 0.2) is 15.1 Å². The Morgan fingerprint density at radius 2 is 1.73 bits per heavy atom. The lowest BCUT2D eigenvalue weighted by Crippen LogP contribution is -2.18. The second-order valence-electron chi connectivity index (χ2n) is 8.01. The van der Waals surface area contributed by atoms with E-state index in [1.54, 1.807) is 12.1 Å². The van der Waals surface area contributed by atoms with E-state index < -0.39 is 37.5 Å². The Kier molecular flexibility index (Phi) is 7.11. The summed E-state index contributed by atoms with van der Waals surface area (Å²) in [5, 5.41) is 6.34. The second kappa shape index (κ2) is 10.5. The molecule has 0 saturated carbocycles. The number of nitrogens with zero attached hydrogens (tertiary/aromatic N) is 3. The number of nitrogens with one attached hydrogen (secondary N) is 1. The zero-order valence-corrected chi connectivity index (χ0v) is 21.5. The smallest absolute Gasteiger partial charge is 0.241 e. The molecule has 0 amide bonds. The van der Waals surface area contributed by atoms with Crippen LogP contribution in [0.5, 0.6) is 0 Å². The van der Waals surface area contributed by atoms with Crippen LogP contribution in [0.1, 0.15) is 27.6 Å². The van der Waals surface area contributed by atoms with Crippen molar-refractivity contribution in [1.82, 2.24) is 19.9 Å². The van der Waals surface area contributed by atoms with Crippen LogP contribution in [0.25, 0.3) is 21.3 Å². The van der Waals surface area contributed by atoms with Gasteiger partial charge in [0.25, 0.3) is 0 Å². The molecule has 0 aliphatic carbocycles. The van der Waals surface area contributed by atoms with Crippen molar-refractivity contribution in [1.29, 1.82) is 0 Å². The molecule has 2 aromatic heterocycles. The van der Waals surface area contributed by atoms with Crippen molar-refractivity contribution in [3.8, 4) is 11.1 Å². The van der Waals surface area contributed by atoms with E-state index in [0.29, 0.717) is 5.52 Å². The minimum Gasteiger partial charge on any atom is -0.422 e. The molecular formula is C24H19FN4O5S3. The Balaban J connectivity index is 1.58. The quantitative estimate of drug-likeness (QED) is 0.261. The van der Waals surface area contributed by atoms with Crippen LogP contribution < -0.4 is 4.72 Å². The summed E-state index contributed by atoms with van der Waals surface area (Å²) >= 11 is 1.15. The summed E-state index contributed by atoms with van der Waals surface area (Å²) in [6, 6.07) is 20.9. The fourth-order valence-corrected chi connectivity index (χ4v) is 7.20. The van der Waals surface area contributed by atoms with E-state index >= 15 is 0 Å². The minimum atomic E-state index is -4.16. The molecule has 2 heterocycles. The van der Waals surface area contributed by atoms with Crippen LogP contribution in [0.4, 0.5) is 4.39 Å². The predicted octanol–water partition coefficient (Wildman–Crippen LogP) is 3.81. The molecule has 3 aromatic carbocycles. The van der Waals surface area contributed by atoms with Crippen molar-refractivity contribution in [3.63, 3.8) is 0 Å². The SMILES string of the molecule is O=[SH](=O)NCc1nnc(C(c2nc3ccc(-c4ccccc4)cc3s2)S(=O)(=O)Cc2ccccc2F)o1. The molecule has 9 nitrogen and oxygen atoms in total. The Morgan fingerprint density at radius 1 is 0.973 bits per heavy atom. The molecule has 5 rings (SSSR count). The van der Waals surface area contributed by atoms with Crippen LogP contribution in [-0.2, 0) is 33.0 Å². The van der Waals surface area contributed by atoms with Crippen molar-refractivity contribution < 1.29 is 25.6 Å². The number of sulfone groups is 1. The highest BCUT2D eigenvalue weighted by atomic mass is 32.2. The Labute approximate surface area is 217 Å². The zero-order valence-electron chi connectivity index (χ0n) is 18.9. The number of thiol groups is 1. The van der Waals surface area contributed by atoms with Crippen LogP contribution in [-0.4, -0.2) is 32.0 Å². The van der Waals surface area contributed by atoms with Crippen LogP contribution in [0.15, 0.2) is 77.2 Å². The largest absolute Gasteiger partial charge is 0.422 e. The summed E-state index contributed by atoms with van der Waals surface area (Å²) < 4.78 is 71.8. The third-order valence-electron chi connectivity index (χ3n) is 5.48. The topological polar surface area (TPSA) is 132 Å². The van der Waals surface area contributed by atoms with Crippen molar-refractivity contribution in [3.05, 3.63) is 101 Å². The fraction of sp³-hybridized carbons (Fsp3) is 0.125. The number of hydrogen-bond donors (Lipinski definition) is 2. The summed E-state index contributed by atoms with van der Waals surface area (Å²) in [5.41, 5.74) is 2.50. The first-order chi connectivity index (χ1) is 17.8. The molecule has 0 spiro atoms. The van der Waals surface area contributed by atoms with Crippen LogP contribution >= 0.6 is 11.3 Å². The number of thiazole rings is 1. The van der Waals surface area contributed by atoms with Crippen LogP contribution in [0, 0.1) is 5.82 Å². The number of halogens is 1. The number of aromatic nitrogens is 3. The van der Waals surface area contributed by atoms with E-state index in [1.807, 2.05) is 42.5 Å². The molecule has 0 aliphatic rings. The van der Waals surface area contributed by atoms with Gasteiger partial charge in [0, 0.05) is 5.56 Å². The van der Waals surface area contributed by atoms with Gasteiger partial charge in [-0.3, -0.25) is 0 Å². The van der Waals surface area contributed by atoms with Crippen molar-refractivity contribution >= 4 is 42.3 Å². The lowest BCUT2D eigenvalue weighted by atomic mass is 10.1. The van der Waals surface area contributed by atoms with Gasteiger partial charge in [-0.15, -0.1) is 21.5 Å². The second-order valence-corrected chi connectivity index (χ2v) is 12.0. The summed E-state index contributed by atoms with van der Waals surface area (Å²) in [6.45, 7) is -0.300. The molecule has 13 heteroatoms. The van der Waals surface area contributed by atoms with Gasteiger partial charge in [0.05, 0.1) is 22.5 Å². The first kappa shape index (κ1) is 25.1. The van der Waals surface area contributed by atoms with Gasteiger partial charge in [-0.05, 0) is 29.3 Å². The third-order valence-corrected chi connectivity index (χ3v) is 8.98. The van der Waals surface area contributed by atoms with E-state index in [1.165, 1.54) is 18.2 Å². The lowest BCUT2D eigenvalue weighted by molar-refractivity contribution is 0.444. The van der Waals surface area contributed by atoms with Crippen molar-refractivity contribution in [2.45, 2.75) is 17.5 Å². The fourth-order valence-electron chi connectivity index (χ4n) is 3.77. The Hall–Kier alpha value is -3.52. The van der Waals surface area contributed by atoms with E-state index in [0.717, 1.165) is 27.2 Å². The highest BCUT2D eigenvalue weighted by Crippen LogP contribution is 2.38. The molecule has 0 fully saturated rings. The molecule has 1 atom stereocenters. The summed E-state index contributed by atoms with van der Waals surface area (Å²) in [6.07, 6.45) is 0. The standard InChI is InChI=1S/C24H19FN4O5S3/c25-18-9-5-4-8-17(18)14-37(32,33)22(23-29-28-21(34-23)13-26-36(30)31)24-27-19-11-10-16(12-20(19)35-24)15-6-2-1-3-7-15/h1-12,22,36H,13-14H2,(H,26,30,31). The molecule has 0 bridgehead atoms. The molecular weight excluding hydrogens is 539 g/mol. The van der Waals surface area contributed by atoms with Crippen LogP contribution in [0.3, 0.4) is 0 Å². The van der Waals surface area contributed by atoms with Gasteiger partial charge in [-0.25, -0.2) is 30.9 Å². The van der Waals surface area contributed by atoms with E-state index in [4.69, 9.17) is 4.42 Å². The molecule has 190 valence electrons. The maximum absolute atomic E-state index is 14.3. The number of rotatable bonds is 9. The monoisotopic (exact) mass is 558 g/mol. The molecule has 1 unspecified atom stereocenters. The molecule has 0 saturated heterocycles. The summed E-state index contributed by atoms with van der Waals surface area (Å²) in [4.78, 5) is 4.54. The summed E-state index contributed by atoms with van der Waals surface area (Å²) in [7, 11) is -7.08. The summed E-state index contributed by atoms with van der Waals surface area (Å²) in [5.74, 6) is -1.68. The number of benzene rings is 3. The highest BCUT2D eigenvalue weighted by Gasteiger charge is 2.37. The lowest BCUT2D eigenvalue weighted by Gasteiger charge is -2.12.